The van der Waals surface area contributed by atoms with E-state index in [-0.39, 0.29) is 5.56 Å². The van der Waals surface area contributed by atoms with E-state index in [9.17, 15) is 4.79 Å². The van der Waals surface area contributed by atoms with Crippen molar-refractivity contribution in [2.75, 3.05) is 65.9 Å². The molecule has 1 saturated heterocycles. The van der Waals surface area contributed by atoms with Crippen LogP contribution in [0, 0.1) is 0 Å². The summed E-state index contributed by atoms with van der Waals surface area (Å²) in [6.45, 7) is 8.89. The standard InChI is InChI=1S/C26H34ClN5O3/c1-5-32-22-16-24(28-7-6-8-31-11-9-30(2)10-12-31)29-17-18(22)13-21(26(32)33)20-14-19(34-3)15-23(35-4)25(20)27/h13-17H,5-12H2,1-4H3,(H,28,29). The predicted octanol–water partition coefficient (Wildman–Crippen LogP) is 3.80. The second-order valence-electron chi connectivity index (χ2n) is 8.85. The fourth-order valence-corrected chi connectivity index (χ4v) is 4.79. The van der Waals surface area contributed by atoms with Crippen molar-refractivity contribution >= 4 is 28.3 Å². The zero-order valence-electron chi connectivity index (χ0n) is 20.9. The fourth-order valence-electron chi connectivity index (χ4n) is 4.50. The van der Waals surface area contributed by atoms with Crippen LogP contribution >= 0.6 is 11.6 Å². The number of piperazine rings is 1. The minimum absolute atomic E-state index is 0.121. The topological polar surface area (TPSA) is 71.9 Å². The lowest BCUT2D eigenvalue weighted by Gasteiger charge is -2.32. The lowest BCUT2D eigenvalue weighted by molar-refractivity contribution is 0.154. The third-order valence-electron chi connectivity index (χ3n) is 6.61. The van der Waals surface area contributed by atoms with E-state index >= 15 is 0 Å². The first kappa shape index (κ1) is 25.3. The molecule has 2 aromatic heterocycles. The molecule has 0 aliphatic carbocycles. The summed E-state index contributed by atoms with van der Waals surface area (Å²) >= 11 is 6.59. The van der Waals surface area contributed by atoms with Crippen molar-refractivity contribution < 1.29 is 9.47 Å². The maximum absolute atomic E-state index is 13.5. The maximum atomic E-state index is 13.5. The van der Waals surface area contributed by atoms with E-state index in [0.29, 0.717) is 34.2 Å². The number of anilines is 1. The van der Waals surface area contributed by atoms with E-state index < -0.39 is 0 Å². The molecule has 0 atom stereocenters. The molecule has 0 spiro atoms. The molecule has 3 heterocycles. The van der Waals surface area contributed by atoms with Crippen LogP contribution < -0.4 is 20.3 Å². The van der Waals surface area contributed by atoms with E-state index in [1.807, 2.05) is 19.1 Å². The smallest absolute Gasteiger partial charge is 0.258 e. The Labute approximate surface area is 211 Å². The van der Waals surface area contributed by atoms with E-state index in [1.165, 1.54) is 0 Å². The third-order valence-corrected chi connectivity index (χ3v) is 7.00. The quantitative estimate of drug-likeness (QED) is 0.449. The number of likely N-dealkylation sites (N-methyl/N-ethyl adjacent to an activating group) is 1. The Kier molecular flexibility index (Phi) is 8.15. The maximum Gasteiger partial charge on any atom is 0.258 e. The second kappa shape index (κ2) is 11.3. The highest BCUT2D eigenvalue weighted by Gasteiger charge is 2.18. The molecule has 1 aromatic carbocycles. The SMILES string of the molecule is CCn1c(=O)c(-c2cc(OC)cc(OC)c2Cl)cc2cnc(NCCCN3CCN(C)CC3)cc21. The zero-order valence-corrected chi connectivity index (χ0v) is 21.7. The van der Waals surface area contributed by atoms with Gasteiger partial charge in [0.2, 0.25) is 0 Å². The molecule has 4 rings (SSSR count). The summed E-state index contributed by atoms with van der Waals surface area (Å²) in [5.41, 5.74) is 1.77. The van der Waals surface area contributed by atoms with Crippen molar-refractivity contribution in [3.8, 4) is 22.6 Å². The number of fused-ring (bicyclic) bond motifs is 1. The highest BCUT2D eigenvalue weighted by molar-refractivity contribution is 6.35. The van der Waals surface area contributed by atoms with Gasteiger partial charge in [0, 0.05) is 74.1 Å². The molecule has 0 radical (unpaired) electrons. The van der Waals surface area contributed by atoms with Gasteiger partial charge in [0.15, 0.2) is 0 Å². The van der Waals surface area contributed by atoms with Gasteiger partial charge in [-0.1, -0.05) is 11.6 Å². The van der Waals surface area contributed by atoms with Gasteiger partial charge in [-0.3, -0.25) is 4.79 Å². The molecular formula is C26H34ClN5O3. The molecule has 188 valence electrons. The number of rotatable bonds is 9. The first-order chi connectivity index (χ1) is 16.9. The zero-order chi connectivity index (χ0) is 24.9. The van der Waals surface area contributed by atoms with E-state index in [2.05, 4.69) is 27.1 Å². The van der Waals surface area contributed by atoms with Gasteiger partial charge < -0.3 is 29.2 Å². The van der Waals surface area contributed by atoms with Gasteiger partial charge in [-0.25, -0.2) is 4.98 Å². The molecule has 0 saturated carbocycles. The fraction of sp³-hybridized carbons (Fsp3) is 0.462. The lowest BCUT2D eigenvalue weighted by Crippen LogP contribution is -2.44. The second-order valence-corrected chi connectivity index (χ2v) is 9.23. The van der Waals surface area contributed by atoms with E-state index in [4.69, 9.17) is 21.1 Å². The number of hydrogen-bond donors (Lipinski definition) is 1. The number of benzene rings is 1. The van der Waals surface area contributed by atoms with Crippen LogP contribution in [-0.4, -0.2) is 79.9 Å². The molecule has 0 unspecified atom stereocenters. The number of methoxy groups -OCH3 is 2. The average molecular weight is 500 g/mol. The van der Waals surface area contributed by atoms with Gasteiger partial charge >= 0.3 is 0 Å². The Morgan fingerprint density at radius 1 is 1.06 bits per heavy atom. The van der Waals surface area contributed by atoms with Crippen LogP contribution in [0.5, 0.6) is 11.5 Å². The van der Waals surface area contributed by atoms with Crippen molar-refractivity contribution in [3.63, 3.8) is 0 Å². The molecule has 1 fully saturated rings. The Hall–Kier alpha value is -2.81. The molecule has 0 amide bonds. The van der Waals surface area contributed by atoms with Crippen molar-refractivity contribution in [2.24, 2.45) is 0 Å². The largest absolute Gasteiger partial charge is 0.497 e. The molecular weight excluding hydrogens is 466 g/mol. The Balaban J connectivity index is 1.57. The number of halogens is 1. The summed E-state index contributed by atoms with van der Waals surface area (Å²) in [6, 6.07) is 7.26. The van der Waals surface area contributed by atoms with Gasteiger partial charge in [0.25, 0.3) is 5.56 Å². The Morgan fingerprint density at radius 3 is 2.51 bits per heavy atom. The molecule has 0 bridgehead atoms. The number of nitrogens with zero attached hydrogens (tertiary/aromatic N) is 4. The van der Waals surface area contributed by atoms with Crippen LogP contribution in [0.3, 0.4) is 0 Å². The Morgan fingerprint density at radius 2 is 1.83 bits per heavy atom. The van der Waals surface area contributed by atoms with Gasteiger partial charge in [0.1, 0.15) is 17.3 Å². The Bertz CT molecular complexity index is 1240. The molecule has 1 aliphatic rings. The van der Waals surface area contributed by atoms with Crippen LogP contribution in [0.15, 0.2) is 35.3 Å². The molecule has 1 N–H and O–H groups in total. The first-order valence-electron chi connectivity index (χ1n) is 12.1. The summed E-state index contributed by atoms with van der Waals surface area (Å²) in [7, 11) is 5.28. The summed E-state index contributed by atoms with van der Waals surface area (Å²) in [5.74, 6) is 1.79. The van der Waals surface area contributed by atoms with Crippen molar-refractivity contribution in [1.29, 1.82) is 0 Å². The van der Waals surface area contributed by atoms with Crippen LogP contribution in [0.2, 0.25) is 5.02 Å². The predicted molar refractivity (Wildman–Crippen MR) is 142 cm³/mol. The molecule has 3 aromatic rings. The number of hydrogen-bond acceptors (Lipinski definition) is 7. The number of aromatic nitrogens is 2. The molecule has 1 aliphatic heterocycles. The minimum Gasteiger partial charge on any atom is -0.497 e. The number of aryl methyl sites for hydroxylation is 1. The highest BCUT2D eigenvalue weighted by Crippen LogP contribution is 2.38. The highest BCUT2D eigenvalue weighted by atomic mass is 35.5. The summed E-state index contributed by atoms with van der Waals surface area (Å²) in [6.07, 6.45) is 2.84. The van der Waals surface area contributed by atoms with Gasteiger partial charge in [-0.2, -0.15) is 0 Å². The molecule has 8 nitrogen and oxygen atoms in total. The summed E-state index contributed by atoms with van der Waals surface area (Å²) in [5, 5.41) is 4.66. The van der Waals surface area contributed by atoms with Crippen LogP contribution in [-0.2, 0) is 6.54 Å². The van der Waals surface area contributed by atoms with Gasteiger partial charge in [-0.05, 0) is 39.1 Å². The lowest BCUT2D eigenvalue weighted by atomic mass is 10.0. The number of nitrogens with one attached hydrogen (secondary N) is 1. The van der Waals surface area contributed by atoms with E-state index in [0.717, 1.165) is 62.4 Å². The first-order valence-corrected chi connectivity index (χ1v) is 12.4. The normalized spacial score (nSPS) is 14.9. The minimum atomic E-state index is -0.121. The number of ether oxygens (including phenoxy) is 2. The van der Waals surface area contributed by atoms with Crippen molar-refractivity contribution in [1.82, 2.24) is 19.4 Å². The summed E-state index contributed by atoms with van der Waals surface area (Å²) < 4.78 is 12.5. The van der Waals surface area contributed by atoms with Crippen LogP contribution in [0.25, 0.3) is 22.0 Å². The van der Waals surface area contributed by atoms with Gasteiger partial charge in [-0.15, -0.1) is 0 Å². The summed E-state index contributed by atoms with van der Waals surface area (Å²) in [4.78, 5) is 23.0. The molecule has 35 heavy (non-hydrogen) atoms. The van der Waals surface area contributed by atoms with E-state index in [1.54, 1.807) is 37.1 Å². The monoisotopic (exact) mass is 499 g/mol. The van der Waals surface area contributed by atoms with Gasteiger partial charge in [0.05, 0.1) is 24.8 Å². The molecule has 9 heteroatoms. The van der Waals surface area contributed by atoms with Crippen molar-refractivity contribution in [3.05, 3.63) is 45.8 Å². The average Bonchev–Trinajstić information content (AvgIpc) is 2.87. The van der Waals surface area contributed by atoms with Crippen LogP contribution in [0.4, 0.5) is 5.82 Å². The number of pyridine rings is 2. The van der Waals surface area contributed by atoms with Crippen molar-refractivity contribution in [2.45, 2.75) is 19.9 Å². The third kappa shape index (κ3) is 5.55. The van der Waals surface area contributed by atoms with Crippen LogP contribution in [0.1, 0.15) is 13.3 Å².